The van der Waals surface area contributed by atoms with Gasteiger partial charge >= 0.3 is 0 Å². The number of nitrogens with two attached hydrogens (primary N) is 1. The fourth-order valence-electron chi connectivity index (χ4n) is 4.35. The van der Waals surface area contributed by atoms with Gasteiger partial charge in [0, 0.05) is 25.2 Å². The lowest BCUT2D eigenvalue weighted by Gasteiger charge is -2.28. The van der Waals surface area contributed by atoms with Crippen molar-refractivity contribution in [2.45, 2.75) is 38.5 Å². The molecule has 214 valence electrons. The maximum Gasteiger partial charge on any atom is 0.259 e. The summed E-state index contributed by atoms with van der Waals surface area (Å²) in [5.41, 5.74) is 8.51. The van der Waals surface area contributed by atoms with Crippen LogP contribution in [0.1, 0.15) is 34.0 Å². The van der Waals surface area contributed by atoms with Crippen molar-refractivity contribution in [1.82, 2.24) is 10.2 Å². The number of aliphatic hydroxyl groups excluding tert-OH is 1. The van der Waals surface area contributed by atoms with Crippen LogP contribution in [-0.4, -0.2) is 61.3 Å². The van der Waals surface area contributed by atoms with Gasteiger partial charge in [0.25, 0.3) is 5.91 Å². The number of ether oxygens (including phenoxy) is 2. The van der Waals surface area contributed by atoms with Crippen molar-refractivity contribution in [2.24, 2.45) is 5.73 Å². The second-order valence-electron chi connectivity index (χ2n) is 9.38. The van der Waals surface area contributed by atoms with Crippen LogP contribution in [0.15, 0.2) is 60.7 Å². The summed E-state index contributed by atoms with van der Waals surface area (Å²) >= 11 is 0. The highest BCUT2D eigenvalue weighted by molar-refractivity contribution is 6.01. The number of nitrogens with one attached hydrogen (secondary N) is 1. The number of amides is 2. The van der Waals surface area contributed by atoms with Crippen LogP contribution in [0.3, 0.4) is 0 Å². The van der Waals surface area contributed by atoms with Gasteiger partial charge in [0.1, 0.15) is 28.7 Å². The largest absolute Gasteiger partial charge is 0.496 e. The lowest BCUT2D eigenvalue weighted by Crippen LogP contribution is -2.48. The normalized spacial score (nSPS) is 12.4. The molecule has 2 atom stereocenters. The summed E-state index contributed by atoms with van der Waals surface area (Å²) in [6.07, 6.45) is -0.418. The molecule has 10 heteroatoms. The fourth-order valence-corrected chi connectivity index (χ4v) is 4.35. The Morgan fingerprint density at radius 1 is 0.950 bits per heavy atom. The van der Waals surface area contributed by atoms with Crippen molar-refractivity contribution in [3.8, 4) is 11.5 Å². The smallest absolute Gasteiger partial charge is 0.259 e. The third-order valence-electron chi connectivity index (χ3n) is 6.48. The Hall–Kier alpha value is -4.02. The highest BCUT2D eigenvalue weighted by Gasteiger charge is 2.25. The van der Waals surface area contributed by atoms with Crippen LogP contribution in [0.5, 0.6) is 11.5 Å². The van der Waals surface area contributed by atoms with Crippen molar-refractivity contribution in [2.75, 3.05) is 27.3 Å². The second kappa shape index (κ2) is 14.4. The minimum Gasteiger partial charge on any atom is -0.496 e. The van der Waals surface area contributed by atoms with Gasteiger partial charge in [-0.15, -0.1) is 0 Å². The maximum absolute atomic E-state index is 13.6. The Balaban J connectivity index is 1.76. The van der Waals surface area contributed by atoms with Gasteiger partial charge in [0.05, 0.1) is 26.9 Å². The molecule has 0 bridgehead atoms. The number of rotatable bonds is 13. The Kier molecular flexibility index (Phi) is 11.0. The first-order valence-electron chi connectivity index (χ1n) is 12.9. The van der Waals surface area contributed by atoms with E-state index in [0.29, 0.717) is 0 Å². The molecule has 0 aliphatic rings. The molecule has 0 saturated carbocycles. The Bertz CT molecular complexity index is 1280. The highest BCUT2D eigenvalue weighted by Crippen LogP contribution is 2.28. The second-order valence-corrected chi connectivity index (χ2v) is 9.38. The van der Waals surface area contributed by atoms with E-state index in [9.17, 15) is 23.5 Å². The molecule has 3 aromatic carbocycles. The molecule has 0 aliphatic heterocycles. The summed E-state index contributed by atoms with van der Waals surface area (Å²) in [4.78, 5) is 27.7. The number of benzene rings is 3. The predicted octanol–water partition coefficient (Wildman–Crippen LogP) is 3.23. The number of aryl methyl sites for hydroxylation is 1. The minimum atomic E-state index is -1.21. The van der Waals surface area contributed by atoms with Gasteiger partial charge in [-0.1, -0.05) is 37.3 Å². The summed E-state index contributed by atoms with van der Waals surface area (Å²) in [6, 6.07) is 14.7. The number of hydrogen-bond donors (Lipinski definition) is 3. The van der Waals surface area contributed by atoms with Crippen LogP contribution in [0, 0.1) is 11.6 Å². The lowest BCUT2D eigenvalue weighted by molar-refractivity contribution is -0.132. The molecule has 0 fully saturated rings. The molecule has 8 nitrogen and oxygen atoms in total. The average Bonchev–Trinajstić information content (AvgIpc) is 2.94. The van der Waals surface area contributed by atoms with E-state index in [0.717, 1.165) is 35.7 Å². The molecule has 3 rings (SSSR count). The monoisotopic (exact) mass is 555 g/mol. The first-order valence-corrected chi connectivity index (χ1v) is 12.9. The molecule has 4 N–H and O–H groups in total. The Morgan fingerprint density at radius 2 is 1.55 bits per heavy atom. The molecule has 2 amide bonds. The molecule has 0 saturated heterocycles. The third-order valence-corrected chi connectivity index (χ3v) is 6.48. The number of hydrogen-bond acceptors (Lipinski definition) is 6. The lowest BCUT2D eigenvalue weighted by atomic mass is 10.0. The van der Waals surface area contributed by atoms with Gasteiger partial charge in [-0.25, -0.2) is 8.78 Å². The number of nitrogens with zero attached hydrogens (tertiary/aromatic N) is 1. The quantitative estimate of drug-likeness (QED) is 0.299. The predicted molar refractivity (Wildman–Crippen MR) is 147 cm³/mol. The molecule has 0 aliphatic carbocycles. The van der Waals surface area contributed by atoms with Gasteiger partial charge in [-0.05, 0) is 53.8 Å². The highest BCUT2D eigenvalue weighted by atomic mass is 19.1. The zero-order valence-electron chi connectivity index (χ0n) is 22.8. The van der Waals surface area contributed by atoms with Gasteiger partial charge in [0.15, 0.2) is 0 Å². The molecule has 0 unspecified atom stereocenters. The SMILES string of the molecule is CCc1cccc(CN(C[C@@H](O)[C@@H](N)Cc2cc(F)cc(F)c2)C(=O)CNC(=O)c2c(OC)cccc2OC)c1. The molecular formula is C30H35F2N3O5. The van der Waals surface area contributed by atoms with Gasteiger partial charge in [-0.3, -0.25) is 9.59 Å². The van der Waals surface area contributed by atoms with Crippen LogP contribution >= 0.6 is 0 Å². The Morgan fingerprint density at radius 3 is 2.15 bits per heavy atom. The van der Waals surface area contributed by atoms with Crippen molar-refractivity contribution in [3.63, 3.8) is 0 Å². The van der Waals surface area contributed by atoms with Crippen molar-refractivity contribution in [1.29, 1.82) is 0 Å². The van der Waals surface area contributed by atoms with Crippen molar-refractivity contribution in [3.05, 3.63) is 94.6 Å². The molecular weight excluding hydrogens is 520 g/mol. The summed E-state index contributed by atoms with van der Waals surface area (Å²) < 4.78 is 37.8. The van der Waals surface area contributed by atoms with Crippen LogP contribution < -0.4 is 20.5 Å². The number of carbonyl (C=O) groups is 2. The average molecular weight is 556 g/mol. The van der Waals surface area contributed by atoms with Gasteiger partial charge in [-0.2, -0.15) is 0 Å². The van der Waals surface area contributed by atoms with E-state index < -0.39 is 35.6 Å². The summed E-state index contributed by atoms with van der Waals surface area (Å²) in [5, 5.41) is 13.5. The van der Waals surface area contributed by atoms with Crippen molar-refractivity contribution >= 4 is 11.8 Å². The first-order chi connectivity index (χ1) is 19.1. The number of aliphatic hydroxyl groups is 1. The van der Waals surface area contributed by atoms with Crippen LogP contribution in [0.2, 0.25) is 0 Å². The van der Waals surface area contributed by atoms with E-state index in [1.807, 2.05) is 31.2 Å². The van der Waals surface area contributed by atoms with E-state index in [1.54, 1.807) is 18.2 Å². The molecule has 40 heavy (non-hydrogen) atoms. The third kappa shape index (κ3) is 8.24. The zero-order chi connectivity index (χ0) is 29.2. The summed E-state index contributed by atoms with van der Waals surface area (Å²) in [7, 11) is 2.84. The molecule has 0 heterocycles. The molecule has 3 aromatic rings. The minimum absolute atomic E-state index is 0.00642. The first kappa shape index (κ1) is 30.5. The van der Waals surface area contributed by atoms with E-state index >= 15 is 0 Å². The fraction of sp³-hybridized carbons (Fsp3) is 0.333. The topological polar surface area (TPSA) is 114 Å². The van der Waals surface area contributed by atoms with Crippen LogP contribution in [-0.2, 0) is 24.2 Å². The van der Waals surface area contributed by atoms with E-state index in [-0.39, 0.29) is 48.7 Å². The zero-order valence-corrected chi connectivity index (χ0v) is 22.8. The molecule has 0 radical (unpaired) electrons. The molecule has 0 aromatic heterocycles. The van der Waals surface area contributed by atoms with Crippen LogP contribution in [0.25, 0.3) is 0 Å². The number of methoxy groups -OCH3 is 2. The van der Waals surface area contributed by atoms with Crippen molar-refractivity contribution < 1.29 is 33.0 Å². The van der Waals surface area contributed by atoms with Gasteiger partial charge < -0.3 is 30.5 Å². The van der Waals surface area contributed by atoms with Crippen LogP contribution in [0.4, 0.5) is 8.78 Å². The summed E-state index contributed by atoms with van der Waals surface area (Å²) in [5.74, 6) is -1.95. The number of halogens is 2. The standard InChI is InChI=1S/C30H35F2N3O5/c1-4-19-7-5-8-20(11-19)17-35(18-25(36)24(33)14-21-12-22(31)15-23(32)13-21)28(37)16-34-30(38)29-26(39-2)9-6-10-27(29)40-3/h5-13,15,24-25,36H,4,14,16-18,33H2,1-3H3,(H,34,38)/t24-,25+/m0/s1. The Labute approximate surface area is 232 Å². The van der Waals surface area contributed by atoms with E-state index in [4.69, 9.17) is 15.2 Å². The maximum atomic E-state index is 13.6. The molecule has 0 spiro atoms. The number of carbonyl (C=O) groups excluding carboxylic acids is 2. The van der Waals surface area contributed by atoms with E-state index in [2.05, 4.69) is 5.32 Å². The van der Waals surface area contributed by atoms with E-state index in [1.165, 1.54) is 19.1 Å². The summed E-state index contributed by atoms with van der Waals surface area (Å²) in [6.45, 7) is 1.63. The van der Waals surface area contributed by atoms with Gasteiger partial charge in [0.2, 0.25) is 5.91 Å².